The van der Waals surface area contributed by atoms with Crippen LogP contribution in [0.15, 0.2) is 83.3 Å². The molecule has 172 valence electrons. The molecule has 1 aromatic heterocycles. The van der Waals surface area contributed by atoms with Crippen molar-refractivity contribution in [2.45, 2.75) is 19.6 Å². The van der Waals surface area contributed by atoms with E-state index in [9.17, 15) is 19.3 Å². The molecule has 34 heavy (non-hydrogen) atoms. The number of rotatable bonds is 5. The fourth-order valence-electron chi connectivity index (χ4n) is 3.35. The lowest BCUT2D eigenvalue weighted by Gasteiger charge is -2.32. The highest BCUT2D eigenvalue weighted by atomic mass is 19.1. The zero-order valence-electron chi connectivity index (χ0n) is 18.2. The van der Waals surface area contributed by atoms with Crippen molar-refractivity contribution < 1.29 is 18.8 Å². The second kappa shape index (κ2) is 9.06. The molecule has 0 fully saturated rings. The van der Waals surface area contributed by atoms with E-state index < -0.39 is 22.4 Å². The van der Waals surface area contributed by atoms with Gasteiger partial charge in [-0.2, -0.15) is 5.10 Å². The molecule has 0 saturated heterocycles. The van der Waals surface area contributed by atoms with Gasteiger partial charge in [-0.1, -0.05) is 12.1 Å². The summed E-state index contributed by atoms with van der Waals surface area (Å²) < 4.78 is 19.7. The maximum absolute atomic E-state index is 13.5. The Kier molecular flexibility index (Phi) is 6.00. The average molecular weight is 462 g/mol. The van der Waals surface area contributed by atoms with E-state index in [-0.39, 0.29) is 17.1 Å². The quantitative estimate of drug-likeness (QED) is 0.267. The van der Waals surface area contributed by atoms with Crippen molar-refractivity contribution in [3.63, 3.8) is 0 Å². The third-order valence-electron chi connectivity index (χ3n) is 5.16. The van der Waals surface area contributed by atoms with Crippen LogP contribution in [0, 0.1) is 15.9 Å². The summed E-state index contributed by atoms with van der Waals surface area (Å²) in [6.07, 6.45) is 3.20. The Labute approximate surface area is 193 Å². The second-order valence-corrected chi connectivity index (χ2v) is 7.45. The highest BCUT2D eigenvalue weighted by molar-refractivity contribution is 5.98. The Hall–Kier alpha value is -4.67. The van der Waals surface area contributed by atoms with Crippen molar-refractivity contribution in [2.24, 2.45) is 10.2 Å². The molecule has 1 unspecified atom stereocenters. The van der Waals surface area contributed by atoms with Crippen molar-refractivity contribution in [3.8, 4) is 0 Å². The van der Waals surface area contributed by atoms with Gasteiger partial charge in [-0.25, -0.2) is 14.8 Å². The first kappa shape index (κ1) is 22.5. The Morgan fingerprint density at radius 1 is 1.12 bits per heavy atom. The van der Waals surface area contributed by atoms with Crippen LogP contribution in [0.4, 0.5) is 10.1 Å². The number of benzene rings is 2. The molecule has 1 amide bonds. The van der Waals surface area contributed by atoms with Crippen LogP contribution in [0.1, 0.15) is 35.3 Å². The van der Waals surface area contributed by atoms with Gasteiger partial charge in [0, 0.05) is 48.1 Å². The summed E-state index contributed by atoms with van der Waals surface area (Å²) >= 11 is 0. The van der Waals surface area contributed by atoms with E-state index in [0.717, 1.165) is 0 Å². The van der Waals surface area contributed by atoms with Gasteiger partial charge in [-0.05, 0) is 43.3 Å². The zero-order valence-corrected chi connectivity index (χ0v) is 18.2. The molecule has 0 aliphatic carbocycles. The average Bonchev–Trinajstić information content (AvgIpc) is 3.22. The molecule has 0 spiro atoms. The normalized spacial score (nSPS) is 17.7. The van der Waals surface area contributed by atoms with Crippen molar-refractivity contribution in [1.29, 1.82) is 0 Å². The number of hydrazone groups is 2. The molecule has 2 heterocycles. The lowest BCUT2D eigenvalue weighted by atomic mass is 10.0. The number of nitrogens with zero attached hydrogens (tertiary/aromatic N) is 5. The van der Waals surface area contributed by atoms with Crippen LogP contribution in [0.2, 0.25) is 0 Å². The summed E-state index contributed by atoms with van der Waals surface area (Å²) in [7, 11) is 0. The smallest absolute Gasteiger partial charge is 0.271 e. The van der Waals surface area contributed by atoms with Gasteiger partial charge in [0.05, 0.1) is 4.92 Å². The van der Waals surface area contributed by atoms with E-state index in [1.807, 2.05) is 0 Å². The van der Waals surface area contributed by atoms with Crippen molar-refractivity contribution >= 4 is 23.3 Å². The fraction of sp³-hybridized carbons (Fsp3) is 0.130. The molecule has 0 saturated carbocycles. The van der Waals surface area contributed by atoms with Crippen molar-refractivity contribution in [3.05, 3.63) is 106 Å². The Morgan fingerprint density at radius 2 is 1.76 bits per heavy atom. The van der Waals surface area contributed by atoms with Crippen LogP contribution >= 0.6 is 0 Å². The molecule has 3 aromatic rings. The van der Waals surface area contributed by atoms with Crippen LogP contribution < -0.4 is 5.43 Å². The minimum absolute atomic E-state index is 0.126. The molecule has 1 aliphatic rings. The number of halogens is 1. The Morgan fingerprint density at radius 3 is 2.38 bits per heavy atom. The molecular weight excluding hydrogens is 443 g/mol. The highest BCUT2D eigenvalue weighted by Gasteiger charge is 2.44. The van der Waals surface area contributed by atoms with E-state index in [2.05, 4.69) is 20.6 Å². The number of amidine groups is 1. The predicted molar refractivity (Wildman–Crippen MR) is 121 cm³/mol. The van der Waals surface area contributed by atoms with Gasteiger partial charge >= 0.3 is 0 Å². The first-order valence-electron chi connectivity index (χ1n) is 10.1. The molecule has 0 radical (unpaired) electrons. The summed E-state index contributed by atoms with van der Waals surface area (Å²) in [5.74, 6) is -0.374. The predicted octanol–water partition coefficient (Wildman–Crippen LogP) is 3.76. The monoisotopic (exact) mass is 462 g/mol. The lowest BCUT2D eigenvalue weighted by Crippen LogP contribution is -2.42. The maximum atomic E-state index is 13.5. The topological polar surface area (TPSA) is 122 Å². The number of nitrogens with one attached hydrogen (secondary N) is 1. The fourth-order valence-corrected chi connectivity index (χ4v) is 3.35. The number of pyridine rings is 1. The van der Waals surface area contributed by atoms with Crippen molar-refractivity contribution in [2.75, 3.05) is 0 Å². The molecule has 0 bridgehead atoms. The molecule has 10 nitrogen and oxygen atoms in total. The first-order chi connectivity index (χ1) is 16.3. The SMILES string of the molecule is C/C(=N\NC(=O)c1ccc([N+](=O)[O-])cc1)N1N=C(c2ccncc2)OC1(C)c1ccc(F)cc1. The van der Waals surface area contributed by atoms with Crippen LogP contribution in [-0.2, 0) is 10.5 Å². The lowest BCUT2D eigenvalue weighted by molar-refractivity contribution is -0.384. The van der Waals surface area contributed by atoms with Gasteiger partial charge in [0.1, 0.15) is 11.7 Å². The molecule has 11 heteroatoms. The number of carbonyl (C=O) groups is 1. The number of nitro benzene ring substituents is 1. The summed E-state index contributed by atoms with van der Waals surface area (Å²) in [5, 5.41) is 21.0. The van der Waals surface area contributed by atoms with Crippen LogP contribution in [0.3, 0.4) is 0 Å². The highest BCUT2D eigenvalue weighted by Crippen LogP contribution is 2.36. The van der Waals surface area contributed by atoms with Gasteiger partial charge in [0.25, 0.3) is 11.6 Å². The maximum Gasteiger partial charge on any atom is 0.271 e. The molecular formula is C23H19FN6O4. The minimum atomic E-state index is -1.18. The molecule has 2 aromatic carbocycles. The van der Waals surface area contributed by atoms with Gasteiger partial charge in [-0.3, -0.25) is 19.9 Å². The third-order valence-corrected chi connectivity index (χ3v) is 5.16. The van der Waals surface area contributed by atoms with Gasteiger partial charge < -0.3 is 4.74 Å². The summed E-state index contributed by atoms with van der Waals surface area (Å²) in [6.45, 7) is 3.37. The number of carbonyl (C=O) groups excluding carboxylic acids is 1. The second-order valence-electron chi connectivity index (χ2n) is 7.45. The Balaban J connectivity index is 1.62. The first-order valence-corrected chi connectivity index (χ1v) is 10.1. The summed E-state index contributed by atoms with van der Waals surface area (Å²) in [4.78, 5) is 26.7. The van der Waals surface area contributed by atoms with E-state index in [1.54, 1.807) is 50.5 Å². The van der Waals surface area contributed by atoms with Gasteiger partial charge in [0.2, 0.25) is 11.6 Å². The van der Waals surface area contributed by atoms with E-state index >= 15 is 0 Å². The number of hydrogen-bond donors (Lipinski definition) is 1. The van der Waals surface area contributed by atoms with E-state index in [0.29, 0.717) is 17.0 Å². The Bertz CT molecular complexity index is 1280. The molecule has 4 rings (SSSR count). The van der Waals surface area contributed by atoms with E-state index in [4.69, 9.17) is 4.74 Å². The number of aromatic nitrogens is 1. The number of amides is 1. The standard InChI is InChI=1S/C23H19FN6O4/c1-15(26-27-21(31)16-3-9-20(10-4-16)30(32)33)29-23(2,18-5-7-19(24)8-6-18)34-22(28-29)17-11-13-25-14-12-17/h3-14H,1-2H3,(H,27,31)/b26-15+. The molecule has 1 aliphatic heterocycles. The van der Waals surface area contributed by atoms with Crippen LogP contribution in [-0.4, -0.2) is 32.6 Å². The van der Waals surface area contributed by atoms with Gasteiger partial charge in [-0.15, -0.1) is 5.10 Å². The number of non-ortho nitro benzene ring substituents is 1. The number of hydrogen-bond acceptors (Lipinski definition) is 7. The summed E-state index contributed by atoms with van der Waals surface area (Å²) in [6, 6.07) is 14.4. The van der Waals surface area contributed by atoms with E-state index in [1.165, 1.54) is 41.4 Å². The largest absolute Gasteiger partial charge is 0.443 e. The van der Waals surface area contributed by atoms with Crippen LogP contribution in [0.25, 0.3) is 0 Å². The third kappa shape index (κ3) is 4.44. The number of ether oxygens (including phenoxy) is 1. The number of nitro groups is 1. The minimum Gasteiger partial charge on any atom is -0.443 e. The van der Waals surface area contributed by atoms with Crippen molar-refractivity contribution in [1.82, 2.24) is 15.4 Å². The zero-order chi connectivity index (χ0) is 24.3. The molecule has 1 N–H and O–H groups in total. The van der Waals surface area contributed by atoms with Gasteiger partial charge in [0.15, 0.2) is 0 Å². The molecule has 1 atom stereocenters. The van der Waals surface area contributed by atoms with Crippen LogP contribution in [0.5, 0.6) is 0 Å². The summed E-state index contributed by atoms with van der Waals surface area (Å²) in [5.41, 5.74) is 2.59.